The van der Waals surface area contributed by atoms with Crippen molar-refractivity contribution < 1.29 is 14.3 Å². The molecule has 1 fully saturated rings. The van der Waals surface area contributed by atoms with Crippen molar-refractivity contribution >= 4 is 35.0 Å². The van der Waals surface area contributed by atoms with Crippen molar-refractivity contribution in [1.29, 1.82) is 0 Å². The van der Waals surface area contributed by atoms with E-state index in [1.807, 2.05) is 68.4 Å². The highest BCUT2D eigenvalue weighted by molar-refractivity contribution is 6.32. The van der Waals surface area contributed by atoms with Gasteiger partial charge >= 0.3 is 0 Å². The lowest BCUT2D eigenvalue weighted by Gasteiger charge is -2.33. The summed E-state index contributed by atoms with van der Waals surface area (Å²) >= 11 is 12.4. The van der Waals surface area contributed by atoms with Gasteiger partial charge in [0.2, 0.25) is 5.91 Å². The molecule has 3 aromatic rings. The van der Waals surface area contributed by atoms with Crippen LogP contribution in [-0.2, 0) is 22.6 Å². The van der Waals surface area contributed by atoms with Gasteiger partial charge in [0.25, 0.3) is 5.91 Å². The Balaban J connectivity index is 1.61. The Labute approximate surface area is 241 Å². The van der Waals surface area contributed by atoms with Gasteiger partial charge in [-0.25, -0.2) is 0 Å². The minimum atomic E-state index is -0.699. The Morgan fingerprint density at radius 3 is 2.21 bits per heavy atom. The molecule has 5 nitrogen and oxygen atoms in total. The average Bonchev–Trinajstić information content (AvgIpc) is 2.94. The molecule has 1 aliphatic rings. The van der Waals surface area contributed by atoms with Crippen LogP contribution in [0, 0.1) is 13.8 Å². The van der Waals surface area contributed by atoms with E-state index < -0.39 is 6.04 Å². The van der Waals surface area contributed by atoms with Crippen LogP contribution in [0.4, 0.5) is 0 Å². The molecule has 1 N–H and O–H groups in total. The maximum absolute atomic E-state index is 13.8. The minimum Gasteiger partial charge on any atom is -0.484 e. The third kappa shape index (κ3) is 8.23. The van der Waals surface area contributed by atoms with Gasteiger partial charge in [-0.3, -0.25) is 9.59 Å². The zero-order chi connectivity index (χ0) is 27.8. The Morgan fingerprint density at radius 1 is 0.923 bits per heavy atom. The Morgan fingerprint density at radius 2 is 1.56 bits per heavy atom. The first-order chi connectivity index (χ1) is 18.8. The summed E-state index contributed by atoms with van der Waals surface area (Å²) in [5.41, 5.74) is 3.63. The van der Waals surface area contributed by atoms with Gasteiger partial charge in [-0.2, -0.15) is 0 Å². The van der Waals surface area contributed by atoms with Crippen LogP contribution in [0.25, 0.3) is 0 Å². The molecule has 0 spiro atoms. The van der Waals surface area contributed by atoms with Crippen LogP contribution in [0.1, 0.15) is 54.4 Å². The Kier molecular flexibility index (Phi) is 10.3. The molecule has 39 heavy (non-hydrogen) atoms. The Bertz CT molecular complexity index is 1240. The average molecular weight is 568 g/mol. The van der Waals surface area contributed by atoms with Gasteiger partial charge in [0, 0.05) is 29.1 Å². The van der Waals surface area contributed by atoms with Crippen LogP contribution in [0.3, 0.4) is 0 Å². The molecule has 1 saturated carbocycles. The molecule has 206 valence electrons. The van der Waals surface area contributed by atoms with Crippen molar-refractivity contribution in [2.24, 2.45) is 0 Å². The predicted octanol–water partition coefficient (Wildman–Crippen LogP) is 7.08. The number of carbonyl (C=O) groups excluding carboxylic acids is 2. The molecule has 0 unspecified atom stereocenters. The van der Waals surface area contributed by atoms with Gasteiger partial charge < -0.3 is 15.0 Å². The summed E-state index contributed by atoms with van der Waals surface area (Å²) in [6.45, 7) is 3.87. The summed E-state index contributed by atoms with van der Waals surface area (Å²) in [7, 11) is 0. The molecule has 1 aliphatic carbocycles. The lowest BCUT2D eigenvalue weighted by atomic mass is 9.94. The van der Waals surface area contributed by atoms with Crippen molar-refractivity contribution in [3.63, 3.8) is 0 Å². The normalized spacial score (nSPS) is 14.5. The molecule has 0 aromatic heterocycles. The molecular weight excluding hydrogens is 531 g/mol. The van der Waals surface area contributed by atoms with E-state index in [0.717, 1.165) is 47.9 Å². The van der Waals surface area contributed by atoms with Gasteiger partial charge in [0.05, 0.1) is 0 Å². The monoisotopic (exact) mass is 566 g/mol. The minimum absolute atomic E-state index is 0.133. The van der Waals surface area contributed by atoms with E-state index in [1.165, 1.54) is 6.42 Å². The van der Waals surface area contributed by atoms with Gasteiger partial charge in [-0.05, 0) is 73.2 Å². The van der Waals surface area contributed by atoms with Crippen LogP contribution in [0.15, 0.2) is 66.7 Å². The maximum Gasteiger partial charge on any atom is 0.261 e. The van der Waals surface area contributed by atoms with Gasteiger partial charge in [-0.1, -0.05) is 84.9 Å². The molecule has 4 rings (SSSR count). The van der Waals surface area contributed by atoms with Crippen LogP contribution in [0.2, 0.25) is 10.0 Å². The van der Waals surface area contributed by atoms with Gasteiger partial charge in [0.1, 0.15) is 11.8 Å². The number of amides is 2. The fraction of sp³-hybridized carbons (Fsp3) is 0.375. The molecule has 1 atom stereocenters. The van der Waals surface area contributed by atoms with Crippen molar-refractivity contribution in [3.05, 3.63) is 99.0 Å². The molecular formula is C32H36Cl2N2O3. The number of halogens is 2. The van der Waals surface area contributed by atoms with Crippen LogP contribution in [0.5, 0.6) is 5.75 Å². The smallest absolute Gasteiger partial charge is 0.261 e. The first-order valence-electron chi connectivity index (χ1n) is 13.6. The Hall–Kier alpha value is -3.02. The van der Waals surface area contributed by atoms with Crippen molar-refractivity contribution in [3.8, 4) is 5.75 Å². The molecule has 0 bridgehead atoms. The highest BCUT2D eigenvalue weighted by atomic mass is 35.5. The second kappa shape index (κ2) is 13.9. The molecule has 0 heterocycles. The highest BCUT2D eigenvalue weighted by Crippen LogP contribution is 2.26. The number of hydrogen-bond donors (Lipinski definition) is 1. The van der Waals surface area contributed by atoms with Crippen molar-refractivity contribution in [1.82, 2.24) is 10.2 Å². The lowest BCUT2D eigenvalue weighted by molar-refractivity contribution is -0.143. The van der Waals surface area contributed by atoms with E-state index in [0.29, 0.717) is 22.2 Å². The standard InChI is InChI=1S/C32H36Cl2N2O3/c1-22-17-28(18-23(2)31(22)34)39-21-30(37)36(20-25-13-15-26(33)16-14-25)29(19-24-9-5-3-6-10-24)32(38)35-27-11-7-4-8-12-27/h3,5-6,9-10,13-18,27,29H,4,7-8,11-12,19-21H2,1-2H3,(H,35,38)/t29-/m1/s1. The number of hydrogen-bond acceptors (Lipinski definition) is 3. The first kappa shape index (κ1) is 29.0. The zero-order valence-corrected chi connectivity index (χ0v) is 24.1. The number of benzene rings is 3. The third-order valence-corrected chi connectivity index (χ3v) is 8.11. The fourth-order valence-electron chi connectivity index (χ4n) is 5.10. The summed E-state index contributed by atoms with van der Waals surface area (Å²) in [5.74, 6) is 0.168. The molecule has 0 radical (unpaired) electrons. The molecule has 2 amide bonds. The highest BCUT2D eigenvalue weighted by Gasteiger charge is 2.32. The number of rotatable bonds is 10. The number of carbonyl (C=O) groups is 2. The second-order valence-corrected chi connectivity index (χ2v) is 11.2. The number of nitrogens with one attached hydrogen (secondary N) is 1. The molecule has 0 saturated heterocycles. The zero-order valence-electron chi connectivity index (χ0n) is 22.6. The van der Waals surface area contributed by atoms with Crippen molar-refractivity contribution in [2.75, 3.05) is 6.61 Å². The van der Waals surface area contributed by atoms with Crippen molar-refractivity contribution in [2.45, 2.75) is 71.0 Å². The molecule has 7 heteroatoms. The van der Waals surface area contributed by atoms with E-state index in [2.05, 4.69) is 5.32 Å². The van der Waals surface area contributed by atoms with Gasteiger partial charge in [-0.15, -0.1) is 0 Å². The quantitative estimate of drug-likeness (QED) is 0.285. The number of aryl methyl sites for hydroxylation is 2. The number of nitrogens with zero attached hydrogens (tertiary/aromatic N) is 1. The summed E-state index contributed by atoms with van der Waals surface area (Å²) in [6, 6.07) is 20.3. The van der Waals surface area contributed by atoms with Crippen LogP contribution in [-0.4, -0.2) is 35.4 Å². The van der Waals surface area contributed by atoms with Gasteiger partial charge in [0.15, 0.2) is 6.61 Å². The third-order valence-electron chi connectivity index (χ3n) is 7.26. The topological polar surface area (TPSA) is 58.6 Å². The largest absolute Gasteiger partial charge is 0.484 e. The van der Waals surface area contributed by atoms with E-state index >= 15 is 0 Å². The molecule has 0 aliphatic heterocycles. The fourth-order valence-corrected chi connectivity index (χ4v) is 5.34. The molecule has 3 aromatic carbocycles. The van der Waals surface area contributed by atoms with Crippen LogP contribution >= 0.6 is 23.2 Å². The predicted molar refractivity (Wildman–Crippen MR) is 157 cm³/mol. The van der Waals surface area contributed by atoms with Crippen LogP contribution < -0.4 is 10.1 Å². The summed E-state index contributed by atoms with van der Waals surface area (Å²) in [5, 5.41) is 4.55. The lowest BCUT2D eigenvalue weighted by Crippen LogP contribution is -2.53. The maximum atomic E-state index is 13.8. The van der Waals surface area contributed by atoms with E-state index in [9.17, 15) is 9.59 Å². The first-order valence-corrected chi connectivity index (χ1v) is 14.3. The van der Waals surface area contributed by atoms with E-state index in [1.54, 1.807) is 17.0 Å². The summed E-state index contributed by atoms with van der Waals surface area (Å²) in [6.07, 6.45) is 5.74. The summed E-state index contributed by atoms with van der Waals surface area (Å²) in [4.78, 5) is 29.3. The number of ether oxygens (including phenoxy) is 1. The second-order valence-electron chi connectivity index (χ2n) is 10.4. The van der Waals surface area contributed by atoms with E-state index in [-0.39, 0.29) is 31.0 Å². The summed E-state index contributed by atoms with van der Waals surface area (Å²) < 4.78 is 5.95. The van der Waals surface area contributed by atoms with E-state index in [4.69, 9.17) is 27.9 Å². The SMILES string of the molecule is Cc1cc(OCC(=O)N(Cc2ccc(Cl)cc2)[C@H](Cc2ccccc2)C(=O)NC2CCCCC2)cc(C)c1Cl.